The predicted molar refractivity (Wildman–Crippen MR) is 90.1 cm³/mol. The minimum absolute atomic E-state index is 0.218. The highest BCUT2D eigenvalue weighted by atomic mass is 32.2. The Bertz CT molecular complexity index is 907. The number of nitrogens with zero attached hydrogens (tertiary/aromatic N) is 1. The fraction of sp³-hybridized carbons (Fsp3) is 0.294. The summed E-state index contributed by atoms with van der Waals surface area (Å²) in [6.45, 7) is 1.22. The van der Waals surface area contributed by atoms with E-state index in [0.29, 0.717) is 18.8 Å². The summed E-state index contributed by atoms with van der Waals surface area (Å²) in [4.78, 5) is 1.18. The van der Waals surface area contributed by atoms with Gasteiger partial charge in [-0.05, 0) is 43.2 Å². The highest BCUT2D eigenvalue weighted by Gasteiger charge is 2.32. The summed E-state index contributed by atoms with van der Waals surface area (Å²) in [6.07, 6.45) is -2.90. The Morgan fingerprint density at radius 2 is 1.65 bits per heavy atom. The van der Waals surface area contributed by atoms with Gasteiger partial charge in [-0.2, -0.15) is 13.2 Å². The normalized spacial score (nSPS) is 15.3. The lowest BCUT2D eigenvalue weighted by atomic mass is 10.1. The Labute approximate surface area is 148 Å². The van der Waals surface area contributed by atoms with Gasteiger partial charge in [-0.3, -0.25) is 4.72 Å². The molecule has 4 nitrogen and oxygen atoms in total. The van der Waals surface area contributed by atoms with Crippen LogP contribution in [0.15, 0.2) is 47.4 Å². The maximum atomic E-state index is 13.8. The van der Waals surface area contributed by atoms with Crippen LogP contribution in [0.2, 0.25) is 0 Å². The second kappa shape index (κ2) is 6.79. The maximum absolute atomic E-state index is 13.8. The number of benzene rings is 2. The first-order chi connectivity index (χ1) is 12.2. The summed E-state index contributed by atoms with van der Waals surface area (Å²) < 4.78 is 80.1. The first kappa shape index (κ1) is 18.5. The third-order valence-corrected chi connectivity index (χ3v) is 5.54. The van der Waals surface area contributed by atoms with Gasteiger partial charge in [0.1, 0.15) is 10.7 Å². The molecule has 140 valence electrons. The lowest BCUT2D eigenvalue weighted by Crippen LogP contribution is -2.22. The zero-order valence-corrected chi connectivity index (χ0v) is 14.4. The number of anilines is 2. The van der Waals surface area contributed by atoms with Crippen LogP contribution in [-0.2, 0) is 16.2 Å². The Morgan fingerprint density at radius 1 is 1.00 bits per heavy atom. The first-order valence-corrected chi connectivity index (χ1v) is 9.40. The predicted octanol–water partition coefficient (Wildman–Crippen LogP) is 4.25. The number of hydrogen-bond donors (Lipinski definition) is 1. The van der Waals surface area contributed by atoms with Crippen molar-refractivity contribution in [1.82, 2.24) is 0 Å². The van der Waals surface area contributed by atoms with E-state index < -0.39 is 32.5 Å². The van der Waals surface area contributed by atoms with Gasteiger partial charge in [0.2, 0.25) is 0 Å². The molecular weight excluding hydrogens is 372 g/mol. The van der Waals surface area contributed by atoms with Crippen molar-refractivity contribution in [3.8, 4) is 0 Å². The molecule has 1 aliphatic rings. The largest absolute Gasteiger partial charge is 0.416 e. The number of nitrogens with one attached hydrogen (secondary N) is 1. The SMILES string of the molecule is O=S(=O)(Nc1cc(C(F)(F)F)ccc1N1CCCC1)c1ccccc1F. The molecule has 0 aromatic heterocycles. The zero-order valence-electron chi connectivity index (χ0n) is 13.6. The standard InChI is InChI=1S/C17H16F4N2O2S/c18-13-5-1-2-6-16(13)26(24,25)22-14-11-12(17(19,20)21)7-8-15(14)23-9-3-4-10-23/h1-2,5-8,11,22H,3-4,9-10H2. The Balaban J connectivity index is 2.05. The summed E-state index contributed by atoms with van der Waals surface area (Å²) in [5, 5.41) is 0. The molecule has 26 heavy (non-hydrogen) atoms. The average Bonchev–Trinajstić information content (AvgIpc) is 3.08. The number of sulfonamides is 1. The van der Waals surface area contributed by atoms with Gasteiger partial charge >= 0.3 is 6.18 Å². The average molecular weight is 388 g/mol. The van der Waals surface area contributed by atoms with Crippen molar-refractivity contribution in [2.45, 2.75) is 23.9 Å². The molecule has 0 radical (unpaired) electrons. The monoisotopic (exact) mass is 388 g/mol. The Hall–Kier alpha value is -2.29. The number of alkyl halides is 3. The molecular formula is C17H16F4N2O2S. The van der Waals surface area contributed by atoms with Crippen LogP contribution < -0.4 is 9.62 Å². The van der Waals surface area contributed by atoms with Gasteiger partial charge in [0.15, 0.2) is 0 Å². The molecule has 2 aromatic rings. The molecule has 0 saturated carbocycles. The first-order valence-electron chi connectivity index (χ1n) is 7.92. The lowest BCUT2D eigenvalue weighted by molar-refractivity contribution is -0.137. The summed E-state index contributed by atoms with van der Waals surface area (Å²) >= 11 is 0. The van der Waals surface area contributed by atoms with Crippen LogP contribution in [0.1, 0.15) is 18.4 Å². The van der Waals surface area contributed by atoms with Crippen LogP contribution in [0.25, 0.3) is 0 Å². The second-order valence-corrected chi connectivity index (χ2v) is 7.61. The molecule has 2 aromatic carbocycles. The number of hydrogen-bond acceptors (Lipinski definition) is 3. The van der Waals surface area contributed by atoms with Crippen LogP contribution in [-0.4, -0.2) is 21.5 Å². The molecule has 1 heterocycles. The smallest absolute Gasteiger partial charge is 0.370 e. The third-order valence-electron chi connectivity index (χ3n) is 4.14. The topological polar surface area (TPSA) is 49.4 Å². The van der Waals surface area contributed by atoms with Crippen molar-refractivity contribution >= 4 is 21.4 Å². The van der Waals surface area contributed by atoms with E-state index >= 15 is 0 Å². The van der Waals surface area contributed by atoms with E-state index in [-0.39, 0.29) is 5.69 Å². The summed E-state index contributed by atoms with van der Waals surface area (Å²) in [5.74, 6) is -0.977. The van der Waals surface area contributed by atoms with E-state index in [4.69, 9.17) is 0 Å². The van der Waals surface area contributed by atoms with Crippen molar-refractivity contribution in [2.75, 3.05) is 22.7 Å². The van der Waals surface area contributed by atoms with Gasteiger partial charge in [-0.1, -0.05) is 12.1 Å². The van der Waals surface area contributed by atoms with Gasteiger partial charge in [0.25, 0.3) is 10.0 Å². The van der Waals surface area contributed by atoms with E-state index in [1.807, 2.05) is 0 Å². The minimum atomic E-state index is -4.62. The van der Waals surface area contributed by atoms with Gasteiger partial charge in [-0.15, -0.1) is 0 Å². The Kier molecular flexibility index (Phi) is 4.83. The molecule has 3 rings (SSSR count). The van der Waals surface area contributed by atoms with Gasteiger partial charge in [-0.25, -0.2) is 12.8 Å². The molecule has 0 unspecified atom stereocenters. The minimum Gasteiger partial charge on any atom is -0.370 e. The van der Waals surface area contributed by atoms with Gasteiger partial charge < -0.3 is 4.90 Å². The fourth-order valence-electron chi connectivity index (χ4n) is 2.89. The van der Waals surface area contributed by atoms with Crippen LogP contribution in [0.5, 0.6) is 0 Å². The molecule has 1 N–H and O–H groups in total. The molecule has 1 saturated heterocycles. The van der Waals surface area contributed by atoms with E-state index in [2.05, 4.69) is 4.72 Å². The summed E-state index contributed by atoms with van der Waals surface area (Å²) in [6, 6.07) is 7.59. The van der Waals surface area contributed by atoms with Crippen molar-refractivity contribution in [2.24, 2.45) is 0 Å². The molecule has 0 spiro atoms. The zero-order chi connectivity index (χ0) is 18.9. The molecule has 0 bridgehead atoms. The molecule has 1 fully saturated rings. The van der Waals surface area contributed by atoms with E-state index in [9.17, 15) is 26.0 Å². The lowest BCUT2D eigenvalue weighted by Gasteiger charge is -2.23. The molecule has 0 atom stereocenters. The quantitative estimate of drug-likeness (QED) is 0.797. The van der Waals surface area contributed by atoms with E-state index in [1.54, 1.807) is 4.90 Å². The van der Waals surface area contributed by atoms with Gasteiger partial charge in [0.05, 0.1) is 16.9 Å². The molecule has 9 heteroatoms. The maximum Gasteiger partial charge on any atom is 0.416 e. The number of rotatable bonds is 4. The van der Waals surface area contributed by atoms with E-state index in [1.165, 1.54) is 18.2 Å². The van der Waals surface area contributed by atoms with Crippen LogP contribution in [0, 0.1) is 5.82 Å². The van der Waals surface area contributed by atoms with Crippen molar-refractivity contribution in [1.29, 1.82) is 0 Å². The van der Waals surface area contributed by atoms with Gasteiger partial charge in [0, 0.05) is 13.1 Å². The van der Waals surface area contributed by atoms with Crippen LogP contribution in [0.4, 0.5) is 28.9 Å². The third kappa shape index (κ3) is 3.77. The summed E-state index contributed by atoms with van der Waals surface area (Å²) in [7, 11) is -4.38. The number of halogens is 4. The van der Waals surface area contributed by atoms with Crippen molar-refractivity contribution in [3.63, 3.8) is 0 Å². The Morgan fingerprint density at radius 3 is 2.27 bits per heavy atom. The summed E-state index contributed by atoms with van der Waals surface area (Å²) in [5.41, 5.74) is -0.855. The van der Waals surface area contributed by atoms with Crippen molar-refractivity contribution < 1.29 is 26.0 Å². The van der Waals surface area contributed by atoms with E-state index in [0.717, 1.165) is 37.1 Å². The molecule has 0 amide bonds. The second-order valence-electron chi connectivity index (χ2n) is 5.96. The van der Waals surface area contributed by atoms with Crippen LogP contribution >= 0.6 is 0 Å². The van der Waals surface area contributed by atoms with Crippen LogP contribution in [0.3, 0.4) is 0 Å². The molecule has 0 aliphatic carbocycles. The van der Waals surface area contributed by atoms with Crippen molar-refractivity contribution in [3.05, 3.63) is 53.8 Å². The highest BCUT2D eigenvalue weighted by Crippen LogP contribution is 2.37. The fourth-order valence-corrected chi connectivity index (χ4v) is 4.04. The highest BCUT2D eigenvalue weighted by molar-refractivity contribution is 7.92. The molecule has 1 aliphatic heterocycles.